The Labute approximate surface area is 138 Å². The summed E-state index contributed by atoms with van der Waals surface area (Å²) in [6.07, 6.45) is 2.94. The number of nitrogens with zero attached hydrogens (tertiary/aromatic N) is 4. The van der Waals surface area contributed by atoms with E-state index in [1.165, 1.54) is 17.6 Å². The number of ether oxygens (including phenoxy) is 1. The monoisotopic (exact) mass is 331 g/mol. The molecule has 2 aromatic rings. The van der Waals surface area contributed by atoms with Crippen LogP contribution in [-0.2, 0) is 14.3 Å². The quantitative estimate of drug-likeness (QED) is 0.724. The molecule has 0 fully saturated rings. The molecule has 0 atom stereocenters. The summed E-state index contributed by atoms with van der Waals surface area (Å²) in [5, 5.41) is 6.35. The zero-order valence-electron chi connectivity index (χ0n) is 13.3. The summed E-state index contributed by atoms with van der Waals surface area (Å²) in [6, 6.07) is 6.49. The van der Waals surface area contributed by atoms with E-state index in [0.717, 1.165) is 5.69 Å². The van der Waals surface area contributed by atoms with Crippen molar-refractivity contribution in [3.8, 4) is 5.69 Å². The van der Waals surface area contributed by atoms with Crippen LogP contribution in [0.1, 0.15) is 10.4 Å². The topological polar surface area (TPSA) is 106 Å². The Balaban J connectivity index is 1.82. The van der Waals surface area contributed by atoms with Crippen LogP contribution in [0.25, 0.3) is 5.69 Å². The van der Waals surface area contributed by atoms with E-state index in [9.17, 15) is 14.4 Å². The molecule has 126 valence electrons. The minimum absolute atomic E-state index is 0.143. The van der Waals surface area contributed by atoms with Gasteiger partial charge in [0.2, 0.25) is 5.91 Å². The number of benzene rings is 1. The summed E-state index contributed by atoms with van der Waals surface area (Å²) in [5.41, 5.74) is 1.04. The second-order valence-electron chi connectivity index (χ2n) is 5.03. The number of likely N-dealkylation sites (N-methyl/N-ethyl adjacent to an activating group) is 1. The number of aromatic nitrogens is 3. The molecule has 24 heavy (non-hydrogen) atoms. The number of esters is 1. The van der Waals surface area contributed by atoms with E-state index in [1.807, 2.05) is 0 Å². The van der Waals surface area contributed by atoms with Crippen molar-refractivity contribution in [1.29, 1.82) is 0 Å². The number of carbonyl (C=O) groups excluding carboxylic acids is 3. The van der Waals surface area contributed by atoms with E-state index < -0.39 is 18.5 Å². The molecule has 0 saturated heterocycles. The molecule has 1 aromatic heterocycles. The Morgan fingerprint density at radius 3 is 2.50 bits per heavy atom. The molecule has 2 amide bonds. The van der Waals surface area contributed by atoms with Gasteiger partial charge in [-0.3, -0.25) is 9.59 Å². The maximum atomic E-state index is 11.9. The highest BCUT2D eigenvalue weighted by molar-refractivity contribution is 5.92. The average molecular weight is 331 g/mol. The lowest BCUT2D eigenvalue weighted by molar-refractivity contribution is -0.131. The minimum Gasteiger partial charge on any atom is -0.452 e. The molecule has 0 aliphatic rings. The van der Waals surface area contributed by atoms with Gasteiger partial charge in [0.15, 0.2) is 6.61 Å². The molecule has 9 heteroatoms. The lowest BCUT2D eigenvalue weighted by Crippen LogP contribution is -2.38. The molecule has 0 aliphatic carbocycles. The first-order chi connectivity index (χ1) is 11.5. The molecule has 0 unspecified atom stereocenters. The largest absolute Gasteiger partial charge is 0.452 e. The second kappa shape index (κ2) is 7.86. The fourth-order valence-corrected chi connectivity index (χ4v) is 1.69. The minimum atomic E-state index is -0.630. The number of nitrogens with one attached hydrogen (secondary N) is 1. The standard InChI is InChI=1S/C15H17N5O4/c1-19(2)14(22)7-17-13(21)8-24-15(23)11-3-5-12(6-4-11)20-10-16-9-18-20/h3-6,9-10H,7-8H2,1-2H3,(H,17,21). The van der Waals surface area contributed by atoms with Gasteiger partial charge in [-0.25, -0.2) is 14.5 Å². The molecule has 0 bridgehead atoms. The summed E-state index contributed by atoms with van der Waals surface area (Å²) in [5.74, 6) is -1.43. The summed E-state index contributed by atoms with van der Waals surface area (Å²) in [4.78, 5) is 39.9. The molecule has 0 radical (unpaired) electrons. The number of rotatable bonds is 6. The van der Waals surface area contributed by atoms with Crippen molar-refractivity contribution in [2.24, 2.45) is 0 Å². The summed E-state index contributed by atoms with van der Waals surface area (Å²) in [7, 11) is 3.16. The Hall–Kier alpha value is -3.23. The molecule has 0 saturated carbocycles. The van der Waals surface area contributed by atoms with Crippen LogP contribution in [0, 0.1) is 0 Å². The first-order valence-corrected chi connectivity index (χ1v) is 7.06. The van der Waals surface area contributed by atoms with Gasteiger partial charge in [-0.2, -0.15) is 5.10 Å². The molecule has 1 N–H and O–H groups in total. The highest BCUT2D eigenvalue weighted by Crippen LogP contribution is 2.09. The van der Waals surface area contributed by atoms with Crippen molar-refractivity contribution in [3.63, 3.8) is 0 Å². The molecule has 9 nitrogen and oxygen atoms in total. The summed E-state index contributed by atoms with van der Waals surface area (Å²) < 4.78 is 6.45. The lowest BCUT2D eigenvalue weighted by atomic mass is 10.2. The van der Waals surface area contributed by atoms with Crippen LogP contribution in [0.5, 0.6) is 0 Å². The maximum Gasteiger partial charge on any atom is 0.338 e. The van der Waals surface area contributed by atoms with Gasteiger partial charge < -0.3 is 15.0 Å². The molecule has 0 spiro atoms. The fourth-order valence-electron chi connectivity index (χ4n) is 1.69. The van der Waals surface area contributed by atoms with Crippen LogP contribution in [0.2, 0.25) is 0 Å². The predicted octanol–water partition coefficient (Wildman–Crippen LogP) is -0.371. The fraction of sp³-hybridized carbons (Fsp3) is 0.267. The maximum absolute atomic E-state index is 11.9. The number of carbonyl (C=O) groups is 3. The van der Waals surface area contributed by atoms with Crippen molar-refractivity contribution in [1.82, 2.24) is 25.0 Å². The predicted molar refractivity (Wildman–Crippen MR) is 83.3 cm³/mol. The van der Waals surface area contributed by atoms with Gasteiger partial charge >= 0.3 is 5.97 Å². The van der Waals surface area contributed by atoms with Gasteiger partial charge in [0.1, 0.15) is 12.7 Å². The van der Waals surface area contributed by atoms with Gasteiger partial charge in [0, 0.05) is 14.1 Å². The zero-order chi connectivity index (χ0) is 17.5. The van der Waals surface area contributed by atoms with E-state index >= 15 is 0 Å². The third-order valence-electron chi connectivity index (χ3n) is 3.06. The van der Waals surface area contributed by atoms with Crippen molar-refractivity contribution < 1.29 is 19.1 Å². The van der Waals surface area contributed by atoms with Gasteiger partial charge in [0.05, 0.1) is 17.8 Å². The van der Waals surface area contributed by atoms with E-state index in [4.69, 9.17) is 4.74 Å². The molecule has 1 heterocycles. The second-order valence-corrected chi connectivity index (χ2v) is 5.03. The van der Waals surface area contributed by atoms with Crippen LogP contribution >= 0.6 is 0 Å². The van der Waals surface area contributed by atoms with E-state index in [-0.39, 0.29) is 12.5 Å². The van der Waals surface area contributed by atoms with Crippen molar-refractivity contribution in [2.45, 2.75) is 0 Å². The zero-order valence-corrected chi connectivity index (χ0v) is 13.3. The Kier molecular flexibility index (Phi) is 5.61. The van der Waals surface area contributed by atoms with Crippen LogP contribution in [0.15, 0.2) is 36.9 Å². The smallest absolute Gasteiger partial charge is 0.338 e. The van der Waals surface area contributed by atoms with Crippen LogP contribution in [0.3, 0.4) is 0 Å². The van der Waals surface area contributed by atoms with E-state index in [1.54, 1.807) is 43.0 Å². The highest BCUT2D eigenvalue weighted by atomic mass is 16.5. The first kappa shape index (κ1) is 17.1. The summed E-state index contributed by atoms with van der Waals surface area (Å²) in [6.45, 7) is -0.597. The Morgan fingerprint density at radius 1 is 1.21 bits per heavy atom. The normalized spacial score (nSPS) is 10.1. The highest BCUT2D eigenvalue weighted by Gasteiger charge is 2.12. The van der Waals surface area contributed by atoms with Crippen molar-refractivity contribution >= 4 is 17.8 Å². The molecular formula is C15H17N5O4. The number of hydrogen-bond donors (Lipinski definition) is 1. The van der Waals surface area contributed by atoms with E-state index in [2.05, 4.69) is 15.4 Å². The molecule has 0 aliphatic heterocycles. The van der Waals surface area contributed by atoms with Crippen LogP contribution in [0.4, 0.5) is 0 Å². The van der Waals surface area contributed by atoms with Gasteiger partial charge in [-0.05, 0) is 24.3 Å². The molecule has 2 rings (SSSR count). The summed E-state index contributed by atoms with van der Waals surface area (Å²) >= 11 is 0. The van der Waals surface area contributed by atoms with Gasteiger partial charge in [-0.1, -0.05) is 0 Å². The van der Waals surface area contributed by atoms with Crippen molar-refractivity contribution in [2.75, 3.05) is 27.2 Å². The average Bonchev–Trinajstić information content (AvgIpc) is 3.12. The van der Waals surface area contributed by atoms with Gasteiger partial charge in [-0.15, -0.1) is 0 Å². The Bertz CT molecular complexity index is 710. The number of hydrogen-bond acceptors (Lipinski definition) is 6. The molecule has 1 aromatic carbocycles. The lowest BCUT2D eigenvalue weighted by Gasteiger charge is -2.11. The first-order valence-electron chi connectivity index (χ1n) is 7.06. The third-order valence-corrected chi connectivity index (χ3v) is 3.06. The van der Waals surface area contributed by atoms with Gasteiger partial charge in [0.25, 0.3) is 5.91 Å². The van der Waals surface area contributed by atoms with Crippen LogP contribution < -0.4 is 5.32 Å². The number of amides is 2. The SMILES string of the molecule is CN(C)C(=O)CNC(=O)COC(=O)c1ccc(-n2cncn2)cc1. The Morgan fingerprint density at radius 2 is 1.92 bits per heavy atom. The van der Waals surface area contributed by atoms with Crippen molar-refractivity contribution in [3.05, 3.63) is 42.5 Å². The molecular weight excluding hydrogens is 314 g/mol. The van der Waals surface area contributed by atoms with E-state index in [0.29, 0.717) is 5.56 Å². The van der Waals surface area contributed by atoms with Crippen LogP contribution in [-0.4, -0.2) is 64.7 Å². The third kappa shape index (κ3) is 4.63.